The molecule has 0 bridgehead atoms. The lowest BCUT2D eigenvalue weighted by molar-refractivity contribution is -0.121. The lowest BCUT2D eigenvalue weighted by atomic mass is 9.66. The number of carbonyl (C=O) groups excluding carboxylic acids is 3. The van der Waals surface area contributed by atoms with Crippen molar-refractivity contribution in [3.63, 3.8) is 0 Å². The Morgan fingerprint density at radius 2 is 1.70 bits per heavy atom. The van der Waals surface area contributed by atoms with E-state index in [-0.39, 0.29) is 39.7 Å². The van der Waals surface area contributed by atoms with Crippen molar-refractivity contribution < 1.29 is 19.5 Å². The summed E-state index contributed by atoms with van der Waals surface area (Å²) >= 11 is 0. The molecule has 5 rings (SSSR count). The minimum Gasteiger partial charge on any atom is -0.508 e. The van der Waals surface area contributed by atoms with Gasteiger partial charge in [0.25, 0.3) is 0 Å². The number of hydrogen-bond donors (Lipinski definition) is 1. The van der Waals surface area contributed by atoms with E-state index in [9.17, 15) is 19.5 Å². The lowest BCUT2D eigenvalue weighted by Gasteiger charge is -2.37. The fourth-order valence-electron chi connectivity index (χ4n) is 4.70. The predicted octanol–water partition coefficient (Wildman–Crippen LogP) is 3.50. The number of hydrogen-bond acceptors (Lipinski definition) is 6. The van der Waals surface area contributed by atoms with Crippen molar-refractivity contribution >= 4 is 23.1 Å². The number of carbonyl (C=O) groups is 3. The van der Waals surface area contributed by atoms with Gasteiger partial charge in [0.2, 0.25) is 5.78 Å². The fourth-order valence-corrected chi connectivity index (χ4v) is 4.70. The first-order valence-electron chi connectivity index (χ1n) is 9.76. The number of aliphatic imine (C=N–C) groups is 1. The highest BCUT2D eigenvalue weighted by Gasteiger charge is 2.47. The topological polar surface area (TPSA) is 108 Å². The van der Waals surface area contributed by atoms with Crippen LogP contribution in [0.1, 0.15) is 57.0 Å². The van der Waals surface area contributed by atoms with Crippen LogP contribution in [0.15, 0.2) is 58.7 Å². The van der Waals surface area contributed by atoms with Crippen LogP contribution >= 0.6 is 0 Å². The summed E-state index contributed by atoms with van der Waals surface area (Å²) in [5, 5.41) is 18.9. The zero-order valence-corrected chi connectivity index (χ0v) is 15.9. The molecule has 0 aromatic heterocycles. The van der Waals surface area contributed by atoms with Crippen LogP contribution in [-0.2, 0) is 4.79 Å². The number of ketones is 3. The third-order valence-electron chi connectivity index (χ3n) is 6.07. The molecule has 1 saturated carbocycles. The van der Waals surface area contributed by atoms with Crippen LogP contribution in [0.25, 0.3) is 0 Å². The molecule has 0 spiro atoms. The minimum absolute atomic E-state index is 0.0117. The van der Waals surface area contributed by atoms with E-state index in [1.165, 1.54) is 18.2 Å². The van der Waals surface area contributed by atoms with Crippen molar-refractivity contribution in [3.05, 3.63) is 76.0 Å². The van der Waals surface area contributed by atoms with E-state index in [1.54, 1.807) is 24.3 Å². The SMILES string of the molecule is N#Cc1ccc(C2C3=C(N=C4CCCC(=O)C42)C(=O)c2cc(O)ccc2C3=O)cc1. The largest absolute Gasteiger partial charge is 0.508 e. The molecule has 2 unspecified atom stereocenters. The molecular weight excluding hydrogens is 380 g/mol. The molecular formula is C24H16N2O4. The summed E-state index contributed by atoms with van der Waals surface area (Å²) in [5.41, 5.74) is 2.43. The first-order valence-corrected chi connectivity index (χ1v) is 9.76. The van der Waals surface area contributed by atoms with Gasteiger partial charge in [-0.1, -0.05) is 12.1 Å². The Morgan fingerprint density at radius 1 is 0.933 bits per heavy atom. The van der Waals surface area contributed by atoms with Crippen LogP contribution in [0.5, 0.6) is 5.75 Å². The number of nitrogens with zero attached hydrogens (tertiary/aromatic N) is 2. The normalized spacial score (nSPS) is 22.6. The molecule has 0 amide bonds. The number of benzene rings is 2. The highest BCUT2D eigenvalue weighted by Crippen LogP contribution is 2.46. The molecule has 146 valence electrons. The van der Waals surface area contributed by atoms with Crippen LogP contribution in [0.3, 0.4) is 0 Å². The Bertz CT molecular complexity index is 1240. The highest BCUT2D eigenvalue weighted by molar-refractivity contribution is 6.29. The van der Waals surface area contributed by atoms with Crippen molar-refractivity contribution in [2.24, 2.45) is 10.9 Å². The summed E-state index contributed by atoms with van der Waals surface area (Å²) < 4.78 is 0. The maximum atomic E-state index is 13.5. The van der Waals surface area contributed by atoms with Gasteiger partial charge in [0, 0.05) is 34.8 Å². The average Bonchev–Trinajstić information content (AvgIpc) is 2.76. The summed E-state index contributed by atoms with van der Waals surface area (Å²) in [6.07, 6.45) is 1.66. The number of nitriles is 1. The molecule has 3 aliphatic rings. The Morgan fingerprint density at radius 3 is 2.43 bits per heavy atom. The third-order valence-corrected chi connectivity index (χ3v) is 6.07. The van der Waals surface area contributed by atoms with E-state index in [2.05, 4.69) is 11.1 Å². The summed E-state index contributed by atoms with van der Waals surface area (Å²) in [6.45, 7) is 0. The van der Waals surface area contributed by atoms with Gasteiger partial charge in [-0.15, -0.1) is 0 Å². The number of fused-ring (bicyclic) bond motifs is 2. The Labute approximate surface area is 172 Å². The Balaban J connectivity index is 1.75. The molecule has 2 aromatic rings. The van der Waals surface area contributed by atoms with Gasteiger partial charge < -0.3 is 5.11 Å². The number of aromatic hydroxyl groups is 1. The van der Waals surface area contributed by atoms with Crippen LogP contribution < -0.4 is 0 Å². The monoisotopic (exact) mass is 396 g/mol. The zero-order valence-electron chi connectivity index (χ0n) is 15.9. The fraction of sp³-hybridized carbons (Fsp3) is 0.208. The van der Waals surface area contributed by atoms with E-state index in [1.807, 2.05) is 0 Å². The second-order valence-electron chi connectivity index (χ2n) is 7.76. The minimum atomic E-state index is -0.619. The van der Waals surface area contributed by atoms with Crippen LogP contribution in [-0.4, -0.2) is 28.2 Å². The number of phenols is 1. The second kappa shape index (κ2) is 6.60. The van der Waals surface area contributed by atoms with Gasteiger partial charge in [-0.05, 0) is 48.7 Å². The highest BCUT2D eigenvalue weighted by atomic mass is 16.3. The van der Waals surface area contributed by atoms with E-state index in [0.29, 0.717) is 36.1 Å². The Kier molecular flexibility index (Phi) is 4.00. The van der Waals surface area contributed by atoms with Crippen LogP contribution in [0, 0.1) is 17.2 Å². The van der Waals surface area contributed by atoms with Crippen molar-refractivity contribution in [1.29, 1.82) is 5.26 Å². The van der Waals surface area contributed by atoms with Crippen molar-refractivity contribution in [3.8, 4) is 11.8 Å². The summed E-state index contributed by atoms with van der Waals surface area (Å²) in [6, 6.07) is 12.9. The molecule has 2 atom stereocenters. The van der Waals surface area contributed by atoms with Crippen molar-refractivity contribution in [2.75, 3.05) is 0 Å². The number of rotatable bonds is 1. The predicted molar refractivity (Wildman–Crippen MR) is 107 cm³/mol. The quantitative estimate of drug-likeness (QED) is 0.794. The van der Waals surface area contributed by atoms with Crippen LogP contribution in [0.4, 0.5) is 0 Å². The van der Waals surface area contributed by atoms with Gasteiger partial charge in [0.05, 0.1) is 17.6 Å². The van der Waals surface area contributed by atoms with Gasteiger partial charge in [-0.25, -0.2) is 0 Å². The van der Waals surface area contributed by atoms with Gasteiger partial charge in [-0.2, -0.15) is 5.26 Å². The standard InChI is InChI=1S/C24H16N2O4/c25-11-12-4-6-13(7-5-12)19-20-17(2-1-3-18(20)28)26-22-21(19)23(29)15-9-8-14(27)10-16(15)24(22)30/h4-10,19-20,27H,1-3H2. The van der Waals surface area contributed by atoms with E-state index < -0.39 is 17.6 Å². The van der Waals surface area contributed by atoms with Gasteiger partial charge >= 0.3 is 0 Å². The molecule has 0 radical (unpaired) electrons. The maximum Gasteiger partial charge on any atom is 0.212 e. The second-order valence-corrected chi connectivity index (χ2v) is 7.76. The van der Waals surface area contributed by atoms with E-state index in [0.717, 1.165) is 0 Å². The molecule has 2 aliphatic carbocycles. The molecule has 0 saturated heterocycles. The first kappa shape index (κ1) is 18.2. The molecule has 6 heteroatoms. The van der Waals surface area contributed by atoms with E-state index >= 15 is 0 Å². The molecule has 1 aliphatic heterocycles. The molecule has 1 fully saturated rings. The Hall–Kier alpha value is -3.85. The zero-order chi connectivity index (χ0) is 21.0. The number of Topliss-reactive ketones (excluding diaryl/α,β-unsaturated/α-hetero) is 3. The summed E-state index contributed by atoms with van der Waals surface area (Å²) in [4.78, 5) is 44.1. The number of allylic oxidation sites excluding steroid dienone is 2. The molecule has 30 heavy (non-hydrogen) atoms. The van der Waals surface area contributed by atoms with Crippen molar-refractivity contribution in [2.45, 2.75) is 25.2 Å². The average molecular weight is 396 g/mol. The van der Waals surface area contributed by atoms with Gasteiger partial charge in [-0.3, -0.25) is 19.4 Å². The lowest BCUT2D eigenvalue weighted by Crippen LogP contribution is -2.41. The first-order chi connectivity index (χ1) is 14.5. The van der Waals surface area contributed by atoms with Crippen LogP contribution in [0.2, 0.25) is 0 Å². The van der Waals surface area contributed by atoms with E-state index in [4.69, 9.17) is 5.26 Å². The van der Waals surface area contributed by atoms with Gasteiger partial charge in [0.15, 0.2) is 5.78 Å². The smallest absolute Gasteiger partial charge is 0.212 e. The molecule has 6 nitrogen and oxygen atoms in total. The summed E-state index contributed by atoms with van der Waals surface area (Å²) in [7, 11) is 0. The van der Waals surface area contributed by atoms with Gasteiger partial charge in [0.1, 0.15) is 17.2 Å². The maximum absolute atomic E-state index is 13.5. The third kappa shape index (κ3) is 2.56. The molecule has 1 heterocycles. The summed E-state index contributed by atoms with van der Waals surface area (Å²) in [5.74, 6) is -2.06. The molecule has 2 aromatic carbocycles. The number of phenolic OH excluding ortho intramolecular Hbond substituents is 1. The van der Waals surface area contributed by atoms with Crippen molar-refractivity contribution in [1.82, 2.24) is 0 Å². The molecule has 1 N–H and O–H groups in total.